The molecule has 8 nitrogen and oxygen atoms in total. The molecule has 1 saturated heterocycles. The largest absolute Gasteiger partial charge is 0.368 e. The molecule has 37 heavy (non-hydrogen) atoms. The Kier molecular flexibility index (Phi) is 7.38. The van der Waals surface area contributed by atoms with Gasteiger partial charge in [0.25, 0.3) is 10.0 Å². The van der Waals surface area contributed by atoms with Crippen LogP contribution in [0.15, 0.2) is 102 Å². The maximum absolute atomic E-state index is 13.5. The molecule has 2 heterocycles. The Morgan fingerprint density at radius 1 is 0.919 bits per heavy atom. The number of imidazole rings is 1. The van der Waals surface area contributed by atoms with Crippen molar-refractivity contribution in [3.63, 3.8) is 0 Å². The van der Waals surface area contributed by atoms with Crippen LogP contribution in [-0.2, 0) is 16.6 Å². The Hall–Kier alpha value is -3.89. The summed E-state index contributed by atoms with van der Waals surface area (Å²) in [4.78, 5) is 11.8. The number of thiocarbonyl (C=S) groups is 1. The monoisotopic (exact) mass is 532 g/mol. The summed E-state index contributed by atoms with van der Waals surface area (Å²) in [5, 5.41) is 4.02. The van der Waals surface area contributed by atoms with Gasteiger partial charge in [-0.3, -0.25) is 4.31 Å². The lowest BCUT2D eigenvalue weighted by Gasteiger charge is -2.37. The summed E-state index contributed by atoms with van der Waals surface area (Å²) in [7, 11) is -3.77. The summed E-state index contributed by atoms with van der Waals surface area (Å²) in [6.45, 7) is 3.39. The van der Waals surface area contributed by atoms with E-state index >= 15 is 0 Å². The number of hydrogen-bond donors (Lipinski definition) is 2. The molecule has 3 aromatic carbocycles. The zero-order valence-corrected chi connectivity index (χ0v) is 21.8. The molecule has 1 aliphatic rings. The van der Waals surface area contributed by atoms with Gasteiger partial charge in [0.15, 0.2) is 5.11 Å². The Bertz CT molecular complexity index is 1410. The molecule has 0 radical (unpaired) electrons. The minimum absolute atomic E-state index is 0.154. The quantitative estimate of drug-likeness (QED) is 0.343. The average molecular weight is 533 g/mol. The highest BCUT2D eigenvalue weighted by Crippen LogP contribution is 2.28. The minimum atomic E-state index is -3.77. The van der Waals surface area contributed by atoms with Crippen LogP contribution in [0.1, 0.15) is 5.69 Å². The van der Waals surface area contributed by atoms with E-state index in [-0.39, 0.29) is 11.4 Å². The van der Waals surface area contributed by atoms with Gasteiger partial charge in [-0.2, -0.15) is 0 Å². The normalized spacial score (nSPS) is 13.8. The fourth-order valence-corrected chi connectivity index (χ4v) is 6.05. The van der Waals surface area contributed by atoms with Crippen LogP contribution in [0.5, 0.6) is 0 Å². The first kappa shape index (κ1) is 24.8. The van der Waals surface area contributed by atoms with Gasteiger partial charge in [0.1, 0.15) is 0 Å². The first-order valence-corrected chi connectivity index (χ1v) is 13.9. The number of H-pyrrole nitrogens is 1. The van der Waals surface area contributed by atoms with Crippen LogP contribution in [0.25, 0.3) is 0 Å². The fourth-order valence-electron chi connectivity index (χ4n) is 4.28. The summed E-state index contributed by atoms with van der Waals surface area (Å²) in [6.07, 6.45) is 3.19. The molecular formula is C27H28N6O2S2. The third kappa shape index (κ3) is 5.76. The van der Waals surface area contributed by atoms with Gasteiger partial charge in [-0.1, -0.05) is 36.4 Å². The zero-order chi connectivity index (χ0) is 25.7. The molecule has 10 heteroatoms. The van der Waals surface area contributed by atoms with E-state index < -0.39 is 10.0 Å². The molecule has 0 bridgehead atoms. The molecule has 1 aromatic heterocycles. The Morgan fingerprint density at radius 3 is 2.19 bits per heavy atom. The van der Waals surface area contributed by atoms with Crippen LogP contribution in [-0.4, -0.2) is 54.6 Å². The number of anilines is 3. The van der Waals surface area contributed by atoms with Crippen molar-refractivity contribution in [2.45, 2.75) is 11.4 Å². The van der Waals surface area contributed by atoms with Crippen LogP contribution in [0.2, 0.25) is 0 Å². The second kappa shape index (κ2) is 11.0. The highest BCUT2D eigenvalue weighted by Gasteiger charge is 2.26. The second-order valence-electron chi connectivity index (χ2n) is 8.69. The molecule has 0 atom stereocenters. The van der Waals surface area contributed by atoms with Gasteiger partial charge in [0.05, 0.1) is 29.1 Å². The van der Waals surface area contributed by atoms with Crippen molar-refractivity contribution in [2.24, 2.45) is 0 Å². The van der Waals surface area contributed by atoms with Crippen LogP contribution >= 0.6 is 12.2 Å². The predicted molar refractivity (Wildman–Crippen MR) is 151 cm³/mol. The van der Waals surface area contributed by atoms with Gasteiger partial charge in [0.2, 0.25) is 0 Å². The number of benzene rings is 3. The van der Waals surface area contributed by atoms with Crippen molar-refractivity contribution >= 4 is 44.4 Å². The number of aromatic amines is 1. The predicted octanol–water partition coefficient (Wildman–Crippen LogP) is 4.32. The molecular weight excluding hydrogens is 504 g/mol. The van der Waals surface area contributed by atoms with Crippen molar-refractivity contribution in [1.29, 1.82) is 0 Å². The third-order valence-corrected chi connectivity index (χ3v) is 8.44. The maximum Gasteiger partial charge on any atom is 0.264 e. The molecule has 0 unspecified atom stereocenters. The molecule has 5 rings (SSSR count). The number of piperazine rings is 1. The third-order valence-electron chi connectivity index (χ3n) is 6.29. The van der Waals surface area contributed by atoms with E-state index in [9.17, 15) is 8.42 Å². The SMILES string of the molecule is O=S(=O)(c1ccccc1)N(Cc1cnc[nH]1)c1ccc(N2CCN(C(=S)Nc3ccccc3)CC2)cc1. The molecule has 0 spiro atoms. The van der Waals surface area contributed by atoms with Crippen LogP contribution in [0, 0.1) is 0 Å². The summed E-state index contributed by atoms with van der Waals surface area (Å²) in [5.74, 6) is 0. The average Bonchev–Trinajstić information content (AvgIpc) is 3.46. The molecule has 0 saturated carbocycles. The first-order chi connectivity index (χ1) is 18.0. The van der Waals surface area contributed by atoms with Crippen molar-refractivity contribution in [3.05, 3.63) is 103 Å². The Morgan fingerprint density at radius 2 is 1.57 bits per heavy atom. The lowest BCUT2D eigenvalue weighted by atomic mass is 10.2. The van der Waals surface area contributed by atoms with Crippen LogP contribution in [0.3, 0.4) is 0 Å². The molecule has 0 aliphatic carbocycles. The number of sulfonamides is 1. The molecule has 190 valence electrons. The lowest BCUT2D eigenvalue weighted by Crippen LogP contribution is -2.50. The lowest BCUT2D eigenvalue weighted by molar-refractivity contribution is 0.391. The highest BCUT2D eigenvalue weighted by atomic mass is 32.2. The van der Waals surface area contributed by atoms with Crippen LogP contribution < -0.4 is 14.5 Å². The number of hydrogen-bond acceptors (Lipinski definition) is 5. The maximum atomic E-state index is 13.5. The Balaban J connectivity index is 1.28. The van der Waals surface area contributed by atoms with E-state index in [4.69, 9.17) is 12.2 Å². The van der Waals surface area contributed by atoms with E-state index in [1.807, 2.05) is 54.6 Å². The van der Waals surface area contributed by atoms with Gasteiger partial charge in [-0.05, 0) is 60.7 Å². The van der Waals surface area contributed by atoms with Crippen molar-refractivity contribution in [1.82, 2.24) is 14.9 Å². The molecule has 2 N–H and O–H groups in total. The molecule has 0 amide bonds. The Labute approximate surface area is 222 Å². The van der Waals surface area contributed by atoms with Gasteiger partial charge in [-0.25, -0.2) is 13.4 Å². The van der Waals surface area contributed by atoms with Gasteiger partial charge < -0.3 is 20.1 Å². The van der Waals surface area contributed by atoms with E-state index in [2.05, 4.69) is 25.1 Å². The number of nitrogens with one attached hydrogen (secondary N) is 2. The van der Waals surface area contributed by atoms with Crippen molar-refractivity contribution in [2.75, 3.05) is 40.7 Å². The van der Waals surface area contributed by atoms with E-state index in [0.29, 0.717) is 11.4 Å². The van der Waals surface area contributed by atoms with Gasteiger partial charge >= 0.3 is 0 Å². The van der Waals surface area contributed by atoms with Crippen LogP contribution in [0.4, 0.5) is 17.1 Å². The van der Waals surface area contributed by atoms with Gasteiger partial charge in [0, 0.05) is 43.8 Å². The molecule has 1 aliphatic heterocycles. The number of para-hydroxylation sites is 1. The van der Waals surface area contributed by atoms with E-state index in [0.717, 1.165) is 42.7 Å². The minimum Gasteiger partial charge on any atom is -0.368 e. The number of aromatic nitrogens is 2. The van der Waals surface area contributed by atoms with Gasteiger partial charge in [-0.15, -0.1) is 0 Å². The number of rotatable bonds is 7. The molecule has 4 aromatic rings. The van der Waals surface area contributed by atoms with Crippen molar-refractivity contribution < 1.29 is 8.42 Å². The standard InChI is InChI=1S/C27H28N6O2S2/c34-37(35,26-9-5-2-6-10-26)33(20-23-19-28-21-29-23)25-13-11-24(12-14-25)31-15-17-32(18-16-31)27(36)30-22-7-3-1-4-8-22/h1-14,19,21H,15-18,20H2,(H,28,29)(H,30,36). The fraction of sp³-hybridized carbons (Fsp3) is 0.185. The number of nitrogens with zero attached hydrogens (tertiary/aromatic N) is 4. The molecule has 1 fully saturated rings. The first-order valence-electron chi connectivity index (χ1n) is 12.0. The highest BCUT2D eigenvalue weighted by molar-refractivity contribution is 7.92. The summed E-state index contributed by atoms with van der Waals surface area (Å²) >= 11 is 5.61. The van der Waals surface area contributed by atoms with Crippen molar-refractivity contribution in [3.8, 4) is 0 Å². The summed E-state index contributed by atoms with van der Waals surface area (Å²) in [5.41, 5.74) is 3.33. The van der Waals surface area contributed by atoms with E-state index in [1.54, 1.807) is 42.9 Å². The topological polar surface area (TPSA) is 84.6 Å². The zero-order valence-electron chi connectivity index (χ0n) is 20.2. The smallest absolute Gasteiger partial charge is 0.264 e. The second-order valence-corrected chi connectivity index (χ2v) is 10.9. The van der Waals surface area contributed by atoms with E-state index in [1.165, 1.54) is 4.31 Å². The summed E-state index contributed by atoms with van der Waals surface area (Å²) < 4.78 is 28.5. The summed E-state index contributed by atoms with van der Waals surface area (Å²) in [6, 6.07) is 26.1.